The molecular formula is C10H15F3O6S. The van der Waals surface area contributed by atoms with Gasteiger partial charge in [-0.1, -0.05) is 0 Å². The zero-order valence-corrected chi connectivity index (χ0v) is 11.7. The normalized spacial score (nSPS) is 26.1. The van der Waals surface area contributed by atoms with Crippen LogP contribution in [0.5, 0.6) is 0 Å². The minimum Gasteiger partial charge on any atom is -0.467 e. The fourth-order valence-electron chi connectivity index (χ4n) is 1.96. The highest BCUT2D eigenvalue weighted by Gasteiger charge is 2.54. The Bertz CT molecular complexity index is 452. The molecule has 1 aliphatic heterocycles. The molecule has 0 amide bonds. The Morgan fingerprint density at radius 3 is 2.35 bits per heavy atom. The molecule has 0 aromatic rings. The maximum absolute atomic E-state index is 12.3. The van der Waals surface area contributed by atoms with Crippen LogP contribution in [0.1, 0.15) is 26.2 Å². The summed E-state index contributed by atoms with van der Waals surface area (Å²) in [5.41, 5.74) is -7.40. The first kappa shape index (κ1) is 17.2. The zero-order chi connectivity index (χ0) is 15.6. The maximum Gasteiger partial charge on any atom is 0.523 e. The van der Waals surface area contributed by atoms with Crippen LogP contribution in [0.15, 0.2) is 0 Å². The van der Waals surface area contributed by atoms with Gasteiger partial charge in [0.05, 0.1) is 7.11 Å². The summed E-state index contributed by atoms with van der Waals surface area (Å²) in [5.74, 6) is -0.956. The Morgan fingerprint density at radius 2 is 1.95 bits per heavy atom. The fourth-order valence-corrected chi connectivity index (χ4v) is 2.60. The number of rotatable bonds is 4. The van der Waals surface area contributed by atoms with E-state index in [0.717, 1.165) is 14.0 Å². The summed E-state index contributed by atoms with van der Waals surface area (Å²) in [4.78, 5) is 11.8. The lowest BCUT2D eigenvalue weighted by atomic mass is 9.89. The molecule has 0 aliphatic carbocycles. The molecule has 0 spiro atoms. The van der Waals surface area contributed by atoms with Gasteiger partial charge in [-0.25, -0.2) is 4.79 Å². The molecule has 1 rings (SSSR count). The molecular weight excluding hydrogens is 305 g/mol. The van der Waals surface area contributed by atoms with Gasteiger partial charge in [-0.3, -0.25) is 4.18 Å². The van der Waals surface area contributed by atoms with E-state index in [-0.39, 0.29) is 13.0 Å². The van der Waals surface area contributed by atoms with Crippen LogP contribution < -0.4 is 0 Å². The Morgan fingerprint density at radius 1 is 1.35 bits per heavy atom. The van der Waals surface area contributed by atoms with Crippen molar-refractivity contribution >= 4 is 16.1 Å². The molecule has 6 nitrogen and oxygen atoms in total. The molecule has 2 unspecified atom stereocenters. The largest absolute Gasteiger partial charge is 0.523 e. The lowest BCUT2D eigenvalue weighted by Crippen LogP contribution is -2.55. The molecule has 1 saturated heterocycles. The van der Waals surface area contributed by atoms with E-state index in [1.54, 1.807) is 0 Å². The molecule has 20 heavy (non-hydrogen) atoms. The number of hydrogen-bond acceptors (Lipinski definition) is 6. The van der Waals surface area contributed by atoms with E-state index in [4.69, 9.17) is 4.74 Å². The number of ether oxygens (including phenoxy) is 2. The van der Waals surface area contributed by atoms with Gasteiger partial charge in [-0.15, -0.1) is 0 Å². The predicted octanol–water partition coefficient (Wildman–Crippen LogP) is 1.35. The van der Waals surface area contributed by atoms with Gasteiger partial charge < -0.3 is 9.47 Å². The Balaban J connectivity index is 3.01. The molecule has 0 radical (unpaired) electrons. The van der Waals surface area contributed by atoms with Crippen LogP contribution in [0.25, 0.3) is 0 Å². The van der Waals surface area contributed by atoms with Crippen LogP contribution in [-0.2, 0) is 28.6 Å². The van der Waals surface area contributed by atoms with E-state index < -0.39 is 33.3 Å². The van der Waals surface area contributed by atoms with E-state index in [1.165, 1.54) is 0 Å². The van der Waals surface area contributed by atoms with E-state index in [1.807, 2.05) is 0 Å². The van der Waals surface area contributed by atoms with E-state index >= 15 is 0 Å². The van der Waals surface area contributed by atoms with Crippen molar-refractivity contribution in [3.05, 3.63) is 0 Å². The Hall–Kier alpha value is -0.870. The van der Waals surface area contributed by atoms with E-state index in [9.17, 15) is 26.4 Å². The second kappa shape index (κ2) is 5.86. The smallest absolute Gasteiger partial charge is 0.467 e. The van der Waals surface area contributed by atoms with Crippen LogP contribution in [0.3, 0.4) is 0 Å². The van der Waals surface area contributed by atoms with Crippen molar-refractivity contribution in [3.8, 4) is 0 Å². The quantitative estimate of drug-likeness (QED) is 0.442. The number of carbonyl (C=O) groups excluding carboxylic acids is 1. The summed E-state index contributed by atoms with van der Waals surface area (Å²) in [6, 6.07) is 0. The first-order chi connectivity index (χ1) is 9.07. The van der Waals surface area contributed by atoms with E-state index in [2.05, 4.69) is 8.92 Å². The van der Waals surface area contributed by atoms with E-state index in [0.29, 0.717) is 12.8 Å². The monoisotopic (exact) mass is 320 g/mol. The average Bonchev–Trinajstić information content (AvgIpc) is 2.36. The standard InChI is InChI=1S/C10H15F3O6S/c1-7(19-20(15,16)10(11,12)13)9(8(14)17-2)5-3-4-6-18-9/h7H,3-6H2,1-2H3. The highest BCUT2D eigenvalue weighted by molar-refractivity contribution is 7.87. The van der Waals surface area contributed by atoms with Crippen molar-refractivity contribution in [2.45, 2.75) is 43.4 Å². The summed E-state index contributed by atoms with van der Waals surface area (Å²) in [6.45, 7) is 1.14. The fraction of sp³-hybridized carbons (Fsp3) is 0.900. The predicted molar refractivity (Wildman–Crippen MR) is 60.1 cm³/mol. The van der Waals surface area contributed by atoms with Crippen LogP contribution in [0.2, 0.25) is 0 Å². The summed E-state index contributed by atoms with van der Waals surface area (Å²) in [7, 11) is -4.78. The summed E-state index contributed by atoms with van der Waals surface area (Å²) in [6.07, 6.45) is -0.539. The molecule has 10 heteroatoms. The minimum absolute atomic E-state index is 0.0220. The minimum atomic E-state index is -5.81. The van der Waals surface area contributed by atoms with Gasteiger partial charge in [0.1, 0.15) is 6.10 Å². The third-order valence-electron chi connectivity index (χ3n) is 3.04. The highest BCUT2D eigenvalue weighted by Crippen LogP contribution is 2.35. The molecule has 0 bridgehead atoms. The van der Waals surface area contributed by atoms with Gasteiger partial charge in [-0.05, 0) is 26.2 Å². The number of methoxy groups -OCH3 is 1. The number of hydrogen-bond donors (Lipinski definition) is 0. The van der Waals surface area contributed by atoms with Crippen molar-refractivity contribution in [1.29, 1.82) is 0 Å². The highest BCUT2D eigenvalue weighted by atomic mass is 32.2. The molecule has 0 N–H and O–H groups in total. The van der Waals surface area contributed by atoms with Gasteiger partial charge >= 0.3 is 21.6 Å². The Kier molecular flexibility index (Phi) is 5.03. The van der Waals surface area contributed by atoms with Crippen molar-refractivity contribution in [2.75, 3.05) is 13.7 Å². The maximum atomic E-state index is 12.3. The van der Waals surface area contributed by atoms with Crippen LogP contribution in [0, 0.1) is 0 Å². The van der Waals surface area contributed by atoms with Crippen molar-refractivity contribution in [2.24, 2.45) is 0 Å². The SMILES string of the molecule is COC(=O)C1(C(C)OS(=O)(=O)C(F)(F)F)CCCCO1. The second-order valence-corrected chi connectivity index (χ2v) is 5.89. The van der Waals surface area contributed by atoms with Gasteiger partial charge in [0, 0.05) is 6.61 Å². The lowest BCUT2D eigenvalue weighted by Gasteiger charge is -2.38. The van der Waals surface area contributed by atoms with Crippen molar-refractivity contribution in [1.82, 2.24) is 0 Å². The molecule has 2 atom stereocenters. The zero-order valence-electron chi connectivity index (χ0n) is 10.9. The number of halogens is 3. The van der Waals surface area contributed by atoms with Crippen molar-refractivity contribution < 1.29 is 40.0 Å². The molecule has 1 fully saturated rings. The first-order valence-corrected chi connectivity index (χ1v) is 7.19. The molecule has 0 aromatic carbocycles. The second-order valence-electron chi connectivity index (χ2n) is 4.32. The topological polar surface area (TPSA) is 78.9 Å². The van der Waals surface area contributed by atoms with Crippen LogP contribution >= 0.6 is 0 Å². The summed E-state index contributed by atoms with van der Waals surface area (Å²) in [5, 5.41) is 0. The molecule has 1 aliphatic rings. The van der Waals surface area contributed by atoms with Gasteiger partial charge in [0.2, 0.25) is 0 Å². The van der Waals surface area contributed by atoms with Gasteiger partial charge in [0.15, 0.2) is 5.60 Å². The number of carbonyl (C=O) groups is 1. The van der Waals surface area contributed by atoms with Crippen molar-refractivity contribution in [3.63, 3.8) is 0 Å². The summed E-state index contributed by atoms with van der Waals surface area (Å²) >= 11 is 0. The number of esters is 1. The van der Waals surface area contributed by atoms with Crippen LogP contribution in [-0.4, -0.2) is 45.3 Å². The summed E-state index contributed by atoms with van der Waals surface area (Å²) < 4.78 is 72.7. The van der Waals surface area contributed by atoms with Gasteiger partial charge in [0.25, 0.3) is 0 Å². The lowest BCUT2D eigenvalue weighted by molar-refractivity contribution is -0.191. The molecule has 118 valence electrons. The third-order valence-corrected chi connectivity index (χ3v) is 4.15. The van der Waals surface area contributed by atoms with Gasteiger partial charge in [-0.2, -0.15) is 21.6 Å². The third kappa shape index (κ3) is 3.23. The first-order valence-electron chi connectivity index (χ1n) is 5.79. The average molecular weight is 320 g/mol. The molecule has 0 saturated carbocycles. The number of alkyl halides is 3. The molecule has 0 aromatic heterocycles. The van der Waals surface area contributed by atoms with Crippen LogP contribution in [0.4, 0.5) is 13.2 Å². The Labute approximate surface area is 114 Å². The molecule has 1 heterocycles.